The summed E-state index contributed by atoms with van der Waals surface area (Å²) in [6, 6.07) is 0.0931. The van der Waals surface area contributed by atoms with Gasteiger partial charge in [-0.1, -0.05) is 6.42 Å². The standard InChI is InChI=1S/C10H20N2OS/c1-14-7-3-6-12-10(13)8-4-2-5-9(8)11/h8-9H,2-7,11H2,1H3,(H,12,13). The molecule has 4 heteroatoms. The molecule has 0 heterocycles. The SMILES string of the molecule is CSCCCNC(=O)C1CCCC1N. The summed E-state index contributed by atoms with van der Waals surface area (Å²) in [4.78, 5) is 11.6. The summed E-state index contributed by atoms with van der Waals surface area (Å²) in [5.41, 5.74) is 5.85. The van der Waals surface area contributed by atoms with E-state index in [2.05, 4.69) is 11.6 Å². The highest BCUT2D eigenvalue weighted by molar-refractivity contribution is 7.98. The van der Waals surface area contributed by atoms with E-state index < -0.39 is 0 Å². The molecule has 2 atom stereocenters. The molecule has 82 valence electrons. The van der Waals surface area contributed by atoms with Gasteiger partial charge in [0.1, 0.15) is 0 Å². The summed E-state index contributed by atoms with van der Waals surface area (Å²) >= 11 is 1.81. The summed E-state index contributed by atoms with van der Waals surface area (Å²) in [6.45, 7) is 0.795. The average molecular weight is 216 g/mol. The average Bonchev–Trinajstić information content (AvgIpc) is 2.59. The van der Waals surface area contributed by atoms with Gasteiger partial charge in [0.2, 0.25) is 5.91 Å². The van der Waals surface area contributed by atoms with Crippen LogP contribution in [-0.4, -0.2) is 30.5 Å². The first-order valence-corrected chi connectivity index (χ1v) is 6.67. The molecule has 1 rings (SSSR count). The van der Waals surface area contributed by atoms with Crippen LogP contribution in [0.4, 0.5) is 0 Å². The Morgan fingerprint density at radius 1 is 1.57 bits per heavy atom. The van der Waals surface area contributed by atoms with Gasteiger partial charge in [0, 0.05) is 12.6 Å². The highest BCUT2D eigenvalue weighted by Crippen LogP contribution is 2.23. The molecule has 1 fully saturated rings. The summed E-state index contributed by atoms with van der Waals surface area (Å²) in [5.74, 6) is 1.34. The second-order valence-electron chi connectivity index (χ2n) is 3.84. The maximum atomic E-state index is 11.6. The zero-order chi connectivity index (χ0) is 10.4. The number of carbonyl (C=O) groups excluding carboxylic acids is 1. The van der Waals surface area contributed by atoms with Gasteiger partial charge in [-0.05, 0) is 31.3 Å². The van der Waals surface area contributed by atoms with Crippen LogP contribution < -0.4 is 11.1 Å². The third-order valence-electron chi connectivity index (χ3n) is 2.73. The molecule has 1 saturated carbocycles. The van der Waals surface area contributed by atoms with E-state index in [9.17, 15) is 4.79 Å². The van der Waals surface area contributed by atoms with Gasteiger partial charge in [-0.3, -0.25) is 4.79 Å². The number of hydrogen-bond acceptors (Lipinski definition) is 3. The van der Waals surface area contributed by atoms with Crippen molar-refractivity contribution in [2.75, 3.05) is 18.6 Å². The van der Waals surface area contributed by atoms with E-state index in [1.54, 1.807) is 0 Å². The van der Waals surface area contributed by atoms with Crippen molar-refractivity contribution in [3.8, 4) is 0 Å². The predicted octanol–water partition coefficient (Wildman–Crippen LogP) is 0.983. The number of thioether (sulfide) groups is 1. The summed E-state index contributed by atoms with van der Waals surface area (Å²) in [5, 5.41) is 2.96. The Kier molecular flexibility index (Phi) is 5.33. The van der Waals surface area contributed by atoms with Crippen LogP contribution in [-0.2, 0) is 4.79 Å². The predicted molar refractivity (Wildman–Crippen MR) is 61.3 cm³/mol. The van der Waals surface area contributed by atoms with Gasteiger partial charge < -0.3 is 11.1 Å². The number of nitrogens with one attached hydrogen (secondary N) is 1. The molecule has 0 aromatic carbocycles. The zero-order valence-corrected chi connectivity index (χ0v) is 9.61. The lowest BCUT2D eigenvalue weighted by molar-refractivity contribution is -0.125. The van der Waals surface area contributed by atoms with E-state index in [0.717, 1.165) is 38.0 Å². The number of hydrogen-bond donors (Lipinski definition) is 2. The van der Waals surface area contributed by atoms with Gasteiger partial charge in [0.05, 0.1) is 5.92 Å². The van der Waals surface area contributed by atoms with E-state index in [-0.39, 0.29) is 17.9 Å². The van der Waals surface area contributed by atoms with Crippen LogP contribution in [0.5, 0.6) is 0 Å². The molecule has 0 aromatic rings. The van der Waals surface area contributed by atoms with Gasteiger partial charge in [0.25, 0.3) is 0 Å². The van der Waals surface area contributed by atoms with Gasteiger partial charge in [-0.25, -0.2) is 0 Å². The summed E-state index contributed by atoms with van der Waals surface area (Å²) in [7, 11) is 0. The molecular formula is C10H20N2OS. The first-order valence-electron chi connectivity index (χ1n) is 5.28. The normalized spacial score (nSPS) is 26.4. The Balaban J connectivity index is 2.14. The smallest absolute Gasteiger partial charge is 0.224 e. The maximum Gasteiger partial charge on any atom is 0.224 e. The highest BCUT2D eigenvalue weighted by Gasteiger charge is 2.29. The van der Waals surface area contributed by atoms with Crippen LogP contribution in [0, 0.1) is 5.92 Å². The molecule has 1 aliphatic carbocycles. The Morgan fingerprint density at radius 2 is 2.36 bits per heavy atom. The second-order valence-corrected chi connectivity index (χ2v) is 4.82. The topological polar surface area (TPSA) is 55.1 Å². The van der Waals surface area contributed by atoms with Crippen molar-refractivity contribution in [1.29, 1.82) is 0 Å². The minimum absolute atomic E-state index is 0.0734. The van der Waals surface area contributed by atoms with Crippen molar-refractivity contribution in [3.63, 3.8) is 0 Å². The first kappa shape index (κ1) is 11.9. The molecular weight excluding hydrogens is 196 g/mol. The number of amides is 1. The molecule has 14 heavy (non-hydrogen) atoms. The lowest BCUT2D eigenvalue weighted by Gasteiger charge is -2.14. The van der Waals surface area contributed by atoms with E-state index in [4.69, 9.17) is 5.73 Å². The number of rotatable bonds is 5. The maximum absolute atomic E-state index is 11.6. The summed E-state index contributed by atoms with van der Waals surface area (Å²) < 4.78 is 0. The third-order valence-corrected chi connectivity index (χ3v) is 3.43. The fourth-order valence-electron chi connectivity index (χ4n) is 1.87. The number of carbonyl (C=O) groups is 1. The van der Waals surface area contributed by atoms with E-state index in [1.807, 2.05) is 11.8 Å². The van der Waals surface area contributed by atoms with Crippen molar-refractivity contribution in [1.82, 2.24) is 5.32 Å². The highest BCUT2D eigenvalue weighted by atomic mass is 32.2. The van der Waals surface area contributed by atoms with Gasteiger partial charge in [0.15, 0.2) is 0 Å². The second kappa shape index (κ2) is 6.30. The van der Waals surface area contributed by atoms with Crippen molar-refractivity contribution in [2.24, 2.45) is 11.7 Å². The molecule has 1 aliphatic rings. The number of nitrogens with two attached hydrogens (primary N) is 1. The van der Waals surface area contributed by atoms with Crippen molar-refractivity contribution >= 4 is 17.7 Å². The molecule has 0 aromatic heterocycles. The largest absolute Gasteiger partial charge is 0.356 e. The molecule has 2 unspecified atom stereocenters. The lowest BCUT2D eigenvalue weighted by atomic mass is 10.0. The zero-order valence-electron chi connectivity index (χ0n) is 8.79. The fourth-order valence-corrected chi connectivity index (χ4v) is 2.31. The van der Waals surface area contributed by atoms with E-state index in [1.165, 1.54) is 0 Å². The molecule has 3 nitrogen and oxygen atoms in total. The van der Waals surface area contributed by atoms with Crippen LogP contribution in [0.15, 0.2) is 0 Å². The lowest BCUT2D eigenvalue weighted by Crippen LogP contribution is -2.39. The Labute approximate surface area is 90.2 Å². The molecule has 0 spiro atoms. The van der Waals surface area contributed by atoms with Crippen LogP contribution in [0.1, 0.15) is 25.7 Å². The van der Waals surface area contributed by atoms with Crippen LogP contribution >= 0.6 is 11.8 Å². The molecule has 0 radical (unpaired) electrons. The fraction of sp³-hybridized carbons (Fsp3) is 0.900. The minimum Gasteiger partial charge on any atom is -0.356 e. The minimum atomic E-state index is 0.0734. The molecule has 0 saturated heterocycles. The Hall–Kier alpha value is -0.220. The van der Waals surface area contributed by atoms with Gasteiger partial charge in [-0.15, -0.1) is 0 Å². The molecule has 0 aliphatic heterocycles. The van der Waals surface area contributed by atoms with Crippen LogP contribution in [0.25, 0.3) is 0 Å². The Bertz CT molecular complexity index is 187. The molecule has 1 amide bonds. The Morgan fingerprint density at radius 3 is 2.93 bits per heavy atom. The quantitative estimate of drug-likeness (QED) is 0.674. The first-order chi connectivity index (χ1) is 6.75. The van der Waals surface area contributed by atoms with Gasteiger partial charge >= 0.3 is 0 Å². The molecule has 3 N–H and O–H groups in total. The van der Waals surface area contributed by atoms with E-state index >= 15 is 0 Å². The van der Waals surface area contributed by atoms with Crippen LogP contribution in [0.3, 0.4) is 0 Å². The molecule has 0 bridgehead atoms. The van der Waals surface area contributed by atoms with Gasteiger partial charge in [-0.2, -0.15) is 11.8 Å². The third kappa shape index (κ3) is 3.50. The van der Waals surface area contributed by atoms with E-state index in [0.29, 0.717) is 0 Å². The van der Waals surface area contributed by atoms with Crippen molar-refractivity contribution < 1.29 is 4.79 Å². The van der Waals surface area contributed by atoms with Crippen molar-refractivity contribution in [3.05, 3.63) is 0 Å². The van der Waals surface area contributed by atoms with Crippen molar-refractivity contribution in [2.45, 2.75) is 31.7 Å². The summed E-state index contributed by atoms with van der Waals surface area (Å²) in [6.07, 6.45) is 6.20. The van der Waals surface area contributed by atoms with Crippen LogP contribution in [0.2, 0.25) is 0 Å². The monoisotopic (exact) mass is 216 g/mol.